The topological polar surface area (TPSA) is 67.4 Å². The van der Waals surface area contributed by atoms with Crippen molar-refractivity contribution in [2.45, 2.75) is 31.8 Å². The summed E-state index contributed by atoms with van der Waals surface area (Å²) in [7, 11) is 0. The Balaban J connectivity index is 1.32. The number of ether oxygens (including phenoxy) is 1. The fraction of sp³-hybridized carbons (Fsp3) is 0.333. The molecule has 0 radical (unpaired) electrons. The average molecular weight is 419 g/mol. The van der Waals surface area contributed by atoms with Gasteiger partial charge in [0.2, 0.25) is 5.91 Å². The Labute approximate surface area is 173 Å². The summed E-state index contributed by atoms with van der Waals surface area (Å²) in [5.41, 5.74) is 0.446. The van der Waals surface area contributed by atoms with Crippen LogP contribution in [0.5, 0.6) is 11.5 Å². The Bertz CT molecular complexity index is 916. The molecule has 2 N–H and O–H groups in total. The van der Waals surface area contributed by atoms with Gasteiger partial charge in [-0.25, -0.2) is 0 Å². The normalized spacial score (nSPS) is 25.0. The minimum Gasteiger partial charge on any atom is -0.456 e. The van der Waals surface area contributed by atoms with Crippen molar-refractivity contribution in [1.29, 1.82) is 0 Å². The molecule has 2 aliphatic carbocycles. The first-order valence-electron chi connectivity index (χ1n) is 9.25. The van der Waals surface area contributed by atoms with E-state index in [4.69, 9.17) is 27.9 Å². The summed E-state index contributed by atoms with van der Waals surface area (Å²) in [6, 6.07) is 11.8. The molecule has 2 saturated carbocycles. The fourth-order valence-electron chi connectivity index (χ4n) is 3.10. The molecule has 0 unspecified atom stereocenters. The number of nitrogens with one attached hydrogen (secondary N) is 2. The van der Waals surface area contributed by atoms with E-state index in [1.807, 2.05) is 0 Å². The van der Waals surface area contributed by atoms with Gasteiger partial charge in [0.25, 0.3) is 5.91 Å². The second-order valence-electron chi connectivity index (χ2n) is 7.45. The van der Waals surface area contributed by atoms with Gasteiger partial charge in [-0.15, -0.1) is 0 Å². The monoisotopic (exact) mass is 418 g/mol. The number of benzene rings is 2. The van der Waals surface area contributed by atoms with Crippen LogP contribution in [-0.2, 0) is 4.79 Å². The first-order valence-corrected chi connectivity index (χ1v) is 10.0. The van der Waals surface area contributed by atoms with Crippen molar-refractivity contribution in [1.82, 2.24) is 10.6 Å². The Hall–Kier alpha value is -2.24. The number of carbonyl (C=O) groups excluding carboxylic acids is 2. The third kappa shape index (κ3) is 4.42. The lowest BCUT2D eigenvalue weighted by atomic mass is 10.2. The van der Waals surface area contributed by atoms with E-state index >= 15 is 0 Å². The second kappa shape index (κ2) is 7.64. The molecule has 4 atom stereocenters. The van der Waals surface area contributed by atoms with Crippen LogP contribution in [0.4, 0.5) is 0 Å². The predicted octanol–water partition coefficient (Wildman–Crippen LogP) is 4.43. The zero-order chi connectivity index (χ0) is 19.8. The van der Waals surface area contributed by atoms with Gasteiger partial charge in [0.1, 0.15) is 11.5 Å². The van der Waals surface area contributed by atoms with Gasteiger partial charge in [0.15, 0.2) is 0 Å². The number of rotatable bonds is 6. The highest BCUT2D eigenvalue weighted by atomic mass is 35.5. The van der Waals surface area contributed by atoms with Crippen molar-refractivity contribution in [3.8, 4) is 11.5 Å². The zero-order valence-electron chi connectivity index (χ0n) is 15.2. The molecule has 2 fully saturated rings. The summed E-state index contributed by atoms with van der Waals surface area (Å²) in [5, 5.41) is 6.88. The van der Waals surface area contributed by atoms with Gasteiger partial charge in [-0.05, 0) is 61.2 Å². The van der Waals surface area contributed by atoms with Crippen LogP contribution in [0.2, 0.25) is 10.0 Å². The van der Waals surface area contributed by atoms with Crippen LogP contribution in [0.25, 0.3) is 0 Å². The quantitative estimate of drug-likeness (QED) is 0.728. The van der Waals surface area contributed by atoms with Gasteiger partial charge in [0.05, 0.1) is 17.1 Å². The van der Waals surface area contributed by atoms with Crippen LogP contribution < -0.4 is 15.4 Å². The largest absolute Gasteiger partial charge is 0.456 e. The molecule has 7 heteroatoms. The van der Waals surface area contributed by atoms with Crippen molar-refractivity contribution < 1.29 is 14.3 Å². The summed E-state index contributed by atoms with van der Waals surface area (Å²) >= 11 is 12.1. The van der Waals surface area contributed by atoms with E-state index in [0.717, 1.165) is 12.8 Å². The standard InChI is InChI=1S/C21H20Cl2N2O3/c1-11-8-15(11)21(27)25-18-10-17(18)24-20(26)12-2-7-19(16(23)9-12)28-14-5-3-13(22)4-6-14/h2-7,9,11,15,17-18H,8,10H2,1H3,(H,24,26)(H,25,27)/t11-,15-,17-,18-/m1/s1. The fourth-order valence-corrected chi connectivity index (χ4v) is 3.44. The molecule has 146 valence electrons. The molecule has 5 nitrogen and oxygen atoms in total. The minimum atomic E-state index is -0.221. The second-order valence-corrected chi connectivity index (χ2v) is 8.30. The highest BCUT2D eigenvalue weighted by Gasteiger charge is 2.45. The molecule has 28 heavy (non-hydrogen) atoms. The maximum Gasteiger partial charge on any atom is 0.251 e. The SMILES string of the molecule is C[C@@H]1C[C@H]1C(=O)N[C@@H]1C[C@H]1NC(=O)c1ccc(Oc2ccc(Cl)cc2)c(Cl)c1. The Morgan fingerprint density at radius 2 is 1.68 bits per heavy atom. The smallest absolute Gasteiger partial charge is 0.251 e. The van der Waals surface area contributed by atoms with E-state index in [-0.39, 0.29) is 29.8 Å². The van der Waals surface area contributed by atoms with Gasteiger partial charge in [-0.2, -0.15) is 0 Å². The summed E-state index contributed by atoms with van der Waals surface area (Å²) in [5.74, 6) is 1.55. The van der Waals surface area contributed by atoms with Crippen molar-refractivity contribution in [3.63, 3.8) is 0 Å². The first-order chi connectivity index (χ1) is 13.4. The molecule has 2 aliphatic rings. The van der Waals surface area contributed by atoms with Gasteiger partial charge in [-0.1, -0.05) is 30.1 Å². The van der Waals surface area contributed by atoms with E-state index in [2.05, 4.69) is 17.6 Å². The third-order valence-electron chi connectivity index (χ3n) is 5.12. The number of amides is 2. The highest BCUT2D eigenvalue weighted by molar-refractivity contribution is 6.32. The lowest BCUT2D eigenvalue weighted by Crippen LogP contribution is -2.35. The van der Waals surface area contributed by atoms with Crippen molar-refractivity contribution in [2.75, 3.05) is 0 Å². The number of carbonyl (C=O) groups is 2. The molecular formula is C21H20Cl2N2O3. The molecule has 2 amide bonds. The molecule has 4 rings (SSSR count). The van der Waals surface area contributed by atoms with E-state index < -0.39 is 0 Å². The molecule has 0 bridgehead atoms. The predicted molar refractivity (Wildman–Crippen MR) is 108 cm³/mol. The number of hydrogen-bond acceptors (Lipinski definition) is 3. The Morgan fingerprint density at radius 3 is 2.32 bits per heavy atom. The highest BCUT2D eigenvalue weighted by Crippen LogP contribution is 2.38. The summed E-state index contributed by atoms with van der Waals surface area (Å²) in [6.07, 6.45) is 1.71. The van der Waals surface area contributed by atoms with Crippen molar-refractivity contribution in [2.24, 2.45) is 11.8 Å². The maximum atomic E-state index is 12.4. The molecule has 0 heterocycles. The van der Waals surface area contributed by atoms with Gasteiger partial charge < -0.3 is 15.4 Å². The van der Waals surface area contributed by atoms with Crippen molar-refractivity contribution >= 4 is 35.0 Å². The average Bonchev–Trinajstić information content (AvgIpc) is 3.57. The molecular weight excluding hydrogens is 399 g/mol. The lowest BCUT2D eigenvalue weighted by molar-refractivity contribution is -0.122. The van der Waals surface area contributed by atoms with E-state index in [0.29, 0.717) is 33.0 Å². The molecule has 0 saturated heterocycles. The van der Waals surface area contributed by atoms with E-state index in [1.54, 1.807) is 42.5 Å². The number of hydrogen-bond donors (Lipinski definition) is 2. The first kappa shape index (κ1) is 19.1. The molecule has 2 aromatic rings. The van der Waals surface area contributed by atoms with Crippen LogP contribution in [0, 0.1) is 11.8 Å². The van der Waals surface area contributed by atoms with Crippen LogP contribution in [0.15, 0.2) is 42.5 Å². The minimum absolute atomic E-state index is 0.0206. The third-order valence-corrected chi connectivity index (χ3v) is 5.66. The Kier molecular flexibility index (Phi) is 5.21. The van der Waals surface area contributed by atoms with E-state index in [1.165, 1.54) is 0 Å². The van der Waals surface area contributed by atoms with E-state index in [9.17, 15) is 9.59 Å². The maximum absolute atomic E-state index is 12.4. The van der Waals surface area contributed by atoms with Crippen LogP contribution in [0.1, 0.15) is 30.1 Å². The van der Waals surface area contributed by atoms with Gasteiger partial charge >= 0.3 is 0 Å². The molecule has 0 aromatic heterocycles. The van der Waals surface area contributed by atoms with Gasteiger partial charge in [-0.3, -0.25) is 9.59 Å². The molecule has 2 aromatic carbocycles. The van der Waals surface area contributed by atoms with Crippen LogP contribution in [-0.4, -0.2) is 23.9 Å². The summed E-state index contributed by atoms with van der Waals surface area (Å²) in [6.45, 7) is 2.07. The zero-order valence-corrected chi connectivity index (χ0v) is 16.8. The van der Waals surface area contributed by atoms with Crippen LogP contribution >= 0.6 is 23.2 Å². The summed E-state index contributed by atoms with van der Waals surface area (Å²) < 4.78 is 5.72. The molecule has 0 spiro atoms. The molecule has 0 aliphatic heterocycles. The van der Waals surface area contributed by atoms with Crippen LogP contribution in [0.3, 0.4) is 0 Å². The van der Waals surface area contributed by atoms with Crippen molar-refractivity contribution in [3.05, 3.63) is 58.1 Å². The summed E-state index contributed by atoms with van der Waals surface area (Å²) in [4.78, 5) is 24.4. The lowest BCUT2D eigenvalue weighted by Gasteiger charge is -2.10. The Morgan fingerprint density at radius 1 is 1.00 bits per heavy atom. The van der Waals surface area contributed by atoms with Gasteiger partial charge in [0, 0.05) is 16.5 Å². The number of halogens is 2.